The Morgan fingerprint density at radius 2 is 2.00 bits per heavy atom. The number of aromatic nitrogens is 3. The molecule has 1 amide bonds. The molecule has 9 heteroatoms. The molecular weight excluding hydrogens is 373 g/mol. The summed E-state index contributed by atoms with van der Waals surface area (Å²) < 4.78 is 18.9. The molecule has 0 bridgehead atoms. The third-order valence-corrected chi connectivity index (χ3v) is 4.85. The first-order valence-electron chi connectivity index (χ1n) is 8.67. The van der Waals surface area contributed by atoms with Crippen LogP contribution in [0.2, 0.25) is 5.15 Å². The molecular formula is C18H17ClFN5O2. The van der Waals surface area contributed by atoms with Gasteiger partial charge in [0.1, 0.15) is 11.0 Å². The Labute approximate surface area is 159 Å². The second-order valence-electron chi connectivity index (χ2n) is 6.27. The standard InChI is InChI=1S/C18H17ClFN5O2/c1-2-15-22-23-18(27-15)25-7-5-24(6-8-25)17(26)13-9-11-3-4-12(20)10-14(11)21-16(13)19/h3-4,9-10H,2,5-8H2,1H3. The fourth-order valence-electron chi connectivity index (χ4n) is 3.05. The van der Waals surface area contributed by atoms with Gasteiger partial charge in [0, 0.05) is 44.1 Å². The van der Waals surface area contributed by atoms with Crippen molar-refractivity contribution in [2.24, 2.45) is 0 Å². The lowest BCUT2D eigenvalue weighted by Gasteiger charge is -2.33. The van der Waals surface area contributed by atoms with Crippen molar-refractivity contribution < 1.29 is 13.6 Å². The van der Waals surface area contributed by atoms with Crippen LogP contribution in [0, 0.1) is 5.82 Å². The van der Waals surface area contributed by atoms with Gasteiger partial charge >= 0.3 is 6.01 Å². The highest BCUT2D eigenvalue weighted by Crippen LogP contribution is 2.24. The first kappa shape index (κ1) is 17.7. The lowest BCUT2D eigenvalue weighted by atomic mass is 10.1. The van der Waals surface area contributed by atoms with E-state index >= 15 is 0 Å². The van der Waals surface area contributed by atoms with Crippen LogP contribution >= 0.6 is 11.6 Å². The molecule has 0 unspecified atom stereocenters. The van der Waals surface area contributed by atoms with Gasteiger partial charge in [-0.25, -0.2) is 9.37 Å². The van der Waals surface area contributed by atoms with Crippen LogP contribution in [0.25, 0.3) is 10.9 Å². The summed E-state index contributed by atoms with van der Waals surface area (Å²) in [4.78, 5) is 20.7. The Hall–Kier alpha value is -2.74. The number of hydrogen-bond acceptors (Lipinski definition) is 6. The molecule has 1 aliphatic rings. The SMILES string of the molecule is CCc1nnc(N2CCN(C(=O)c3cc4ccc(F)cc4nc3Cl)CC2)o1. The molecule has 0 radical (unpaired) electrons. The first-order chi connectivity index (χ1) is 13.0. The van der Waals surface area contributed by atoms with Gasteiger partial charge in [-0.3, -0.25) is 4.79 Å². The Kier molecular flexibility index (Phi) is 4.65. The highest BCUT2D eigenvalue weighted by atomic mass is 35.5. The minimum Gasteiger partial charge on any atom is -0.408 e. The van der Waals surface area contributed by atoms with Crippen molar-refractivity contribution in [2.75, 3.05) is 31.1 Å². The third-order valence-electron chi connectivity index (χ3n) is 4.56. The molecule has 1 aliphatic heterocycles. The van der Waals surface area contributed by atoms with Gasteiger partial charge in [-0.1, -0.05) is 23.6 Å². The highest BCUT2D eigenvalue weighted by molar-refractivity contribution is 6.33. The Bertz CT molecular complexity index is 1000. The number of benzene rings is 1. The number of fused-ring (bicyclic) bond motifs is 1. The second-order valence-corrected chi connectivity index (χ2v) is 6.63. The number of pyridine rings is 1. The molecule has 140 valence electrons. The normalized spacial score (nSPS) is 14.8. The highest BCUT2D eigenvalue weighted by Gasteiger charge is 2.26. The molecule has 2 aromatic heterocycles. The molecule has 0 spiro atoms. The third kappa shape index (κ3) is 3.44. The largest absolute Gasteiger partial charge is 0.408 e. The zero-order valence-electron chi connectivity index (χ0n) is 14.7. The summed E-state index contributed by atoms with van der Waals surface area (Å²) in [5.74, 6) is 0.000588. The van der Waals surface area contributed by atoms with E-state index in [1.807, 2.05) is 11.8 Å². The second kappa shape index (κ2) is 7.11. The van der Waals surface area contributed by atoms with Gasteiger partial charge in [0.25, 0.3) is 5.91 Å². The molecule has 0 aliphatic carbocycles. The summed E-state index contributed by atoms with van der Waals surface area (Å²) in [7, 11) is 0. The van der Waals surface area contributed by atoms with Gasteiger partial charge in [0.2, 0.25) is 5.89 Å². The van der Waals surface area contributed by atoms with Gasteiger partial charge in [-0.05, 0) is 18.2 Å². The van der Waals surface area contributed by atoms with Crippen LogP contribution in [0.15, 0.2) is 28.7 Å². The van der Waals surface area contributed by atoms with Crippen molar-refractivity contribution in [3.8, 4) is 0 Å². The van der Waals surface area contributed by atoms with E-state index < -0.39 is 5.82 Å². The molecule has 0 N–H and O–H groups in total. The van der Waals surface area contributed by atoms with Crippen LogP contribution in [-0.2, 0) is 6.42 Å². The Morgan fingerprint density at radius 3 is 2.70 bits per heavy atom. The number of carbonyl (C=O) groups is 1. The van der Waals surface area contributed by atoms with Crippen LogP contribution < -0.4 is 4.90 Å². The average molecular weight is 390 g/mol. The summed E-state index contributed by atoms with van der Waals surface area (Å²) in [6, 6.07) is 6.35. The van der Waals surface area contributed by atoms with E-state index in [0.29, 0.717) is 61.0 Å². The van der Waals surface area contributed by atoms with Gasteiger partial charge in [0.15, 0.2) is 0 Å². The zero-order chi connectivity index (χ0) is 19.0. The van der Waals surface area contributed by atoms with E-state index in [2.05, 4.69) is 15.2 Å². The molecule has 4 rings (SSSR count). The summed E-state index contributed by atoms with van der Waals surface area (Å²) in [5.41, 5.74) is 0.736. The van der Waals surface area contributed by atoms with Crippen molar-refractivity contribution in [2.45, 2.75) is 13.3 Å². The molecule has 3 heterocycles. The molecule has 0 saturated carbocycles. The minimum absolute atomic E-state index is 0.0741. The number of hydrogen-bond donors (Lipinski definition) is 0. The number of halogens is 2. The molecule has 27 heavy (non-hydrogen) atoms. The smallest absolute Gasteiger partial charge is 0.318 e. The van der Waals surface area contributed by atoms with E-state index in [1.54, 1.807) is 17.0 Å². The number of piperazine rings is 1. The fourth-order valence-corrected chi connectivity index (χ4v) is 3.28. The molecule has 1 aromatic carbocycles. The number of amides is 1. The molecule has 7 nitrogen and oxygen atoms in total. The van der Waals surface area contributed by atoms with Crippen LogP contribution in [0.4, 0.5) is 10.4 Å². The number of carbonyl (C=O) groups excluding carboxylic acids is 1. The number of rotatable bonds is 3. The molecule has 1 saturated heterocycles. The molecule has 3 aromatic rings. The monoisotopic (exact) mass is 389 g/mol. The van der Waals surface area contributed by atoms with Crippen molar-refractivity contribution in [1.29, 1.82) is 0 Å². The maximum atomic E-state index is 13.3. The maximum absolute atomic E-state index is 13.3. The Balaban J connectivity index is 1.50. The van der Waals surface area contributed by atoms with Crippen LogP contribution in [0.1, 0.15) is 23.2 Å². The van der Waals surface area contributed by atoms with E-state index in [-0.39, 0.29) is 11.1 Å². The van der Waals surface area contributed by atoms with Crippen LogP contribution in [0.5, 0.6) is 0 Å². The lowest BCUT2D eigenvalue weighted by molar-refractivity contribution is 0.0745. The van der Waals surface area contributed by atoms with E-state index in [1.165, 1.54) is 12.1 Å². The van der Waals surface area contributed by atoms with Crippen LogP contribution in [0.3, 0.4) is 0 Å². The summed E-state index contributed by atoms with van der Waals surface area (Å²) in [6.45, 7) is 4.12. The number of anilines is 1. The summed E-state index contributed by atoms with van der Waals surface area (Å²) in [6.07, 6.45) is 0.683. The maximum Gasteiger partial charge on any atom is 0.318 e. The lowest BCUT2D eigenvalue weighted by Crippen LogP contribution is -2.49. The van der Waals surface area contributed by atoms with Crippen molar-refractivity contribution in [3.63, 3.8) is 0 Å². The van der Waals surface area contributed by atoms with Gasteiger partial charge in [-0.2, -0.15) is 0 Å². The zero-order valence-corrected chi connectivity index (χ0v) is 15.4. The Morgan fingerprint density at radius 1 is 1.22 bits per heavy atom. The van der Waals surface area contributed by atoms with Gasteiger partial charge in [0.05, 0.1) is 11.1 Å². The topological polar surface area (TPSA) is 75.4 Å². The predicted molar refractivity (Wildman–Crippen MR) is 98.5 cm³/mol. The van der Waals surface area contributed by atoms with Crippen molar-refractivity contribution in [3.05, 3.63) is 46.7 Å². The number of aryl methyl sites for hydroxylation is 1. The van der Waals surface area contributed by atoms with E-state index in [9.17, 15) is 9.18 Å². The van der Waals surface area contributed by atoms with Gasteiger partial charge < -0.3 is 14.2 Å². The fraction of sp³-hybridized carbons (Fsp3) is 0.333. The van der Waals surface area contributed by atoms with Crippen molar-refractivity contribution in [1.82, 2.24) is 20.1 Å². The van der Waals surface area contributed by atoms with E-state index in [4.69, 9.17) is 16.0 Å². The van der Waals surface area contributed by atoms with Crippen LogP contribution in [-0.4, -0.2) is 52.2 Å². The predicted octanol–water partition coefficient (Wildman–Crippen LogP) is 2.94. The molecule has 1 fully saturated rings. The summed E-state index contributed by atoms with van der Waals surface area (Å²) in [5, 5.41) is 8.75. The summed E-state index contributed by atoms with van der Waals surface area (Å²) >= 11 is 6.19. The molecule has 0 atom stereocenters. The quantitative estimate of drug-likeness (QED) is 0.641. The first-order valence-corrected chi connectivity index (χ1v) is 9.05. The number of nitrogens with zero attached hydrogens (tertiary/aromatic N) is 5. The average Bonchev–Trinajstić information content (AvgIpc) is 3.16. The minimum atomic E-state index is -0.395. The van der Waals surface area contributed by atoms with E-state index in [0.717, 1.165) is 0 Å². The van der Waals surface area contributed by atoms with Crippen molar-refractivity contribution >= 4 is 34.4 Å². The van der Waals surface area contributed by atoms with Gasteiger partial charge in [-0.15, -0.1) is 5.10 Å².